The van der Waals surface area contributed by atoms with Crippen LogP contribution in [0.25, 0.3) is 0 Å². The molecule has 9 heteroatoms. The lowest BCUT2D eigenvalue weighted by Crippen LogP contribution is -2.54. The number of benzene rings is 4. The summed E-state index contributed by atoms with van der Waals surface area (Å²) in [5.41, 5.74) is 2.20. The summed E-state index contributed by atoms with van der Waals surface area (Å²) in [5.74, 6) is 0.490. The fourth-order valence-electron chi connectivity index (χ4n) is 6.02. The van der Waals surface area contributed by atoms with Gasteiger partial charge in [-0.05, 0) is 80.3 Å². The molecule has 8 nitrogen and oxygen atoms in total. The van der Waals surface area contributed by atoms with Crippen molar-refractivity contribution in [1.82, 2.24) is 10.2 Å². The van der Waals surface area contributed by atoms with Gasteiger partial charge in [0.05, 0.1) is 10.6 Å². The van der Waals surface area contributed by atoms with Gasteiger partial charge in [0.1, 0.15) is 24.1 Å². The number of aryl methyl sites for hydroxylation is 1. The Hall–Kier alpha value is -4.63. The summed E-state index contributed by atoms with van der Waals surface area (Å²) in [6.07, 6.45) is 5.51. The highest BCUT2D eigenvalue weighted by atomic mass is 32.2. The molecule has 0 aliphatic heterocycles. The molecule has 1 fully saturated rings. The number of amides is 2. The molecule has 0 saturated heterocycles. The number of nitrogens with zero attached hydrogens (tertiary/aromatic N) is 2. The van der Waals surface area contributed by atoms with E-state index in [0.29, 0.717) is 23.6 Å². The van der Waals surface area contributed by atoms with Gasteiger partial charge in [0.15, 0.2) is 0 Å². The van der Waals surface area contributed by atoms with Crippen LogP contribution in [-0.4, -0.2) is 43.8 Å². The van der Waals surface area contributed by atoms with Gasteiger partial charge in [0.2, 0.25) is 11.8 Å². The third-order valence-electron chi connectivity index (χ3n) is 8.49. The highest BCUT2D eigenvalue weighted by Crippen LogP contribution is 2.29. The Morgan fingerprint density at radius 3 is 2.11 bits per heavy atom. The number of hydrogen-bond donors (Lipinski definition) is 1. The molecule has 0 radical (unpaired) electrons. The number of carbonyl (C=O) groups excluding carboxylic acids is 2. The fraction of sp³-hybridized carbons (Fsp3) is 0.316. The first-order valence-electron chi connectivity index (χ1n) is 16.3. The summed E-state index contributed by atoms with van der Waals surface area (Å²) >= 11 is 0. The zero-order valence-electron chi connectivity index (χ0n) is 27.0. The summed E-state index contributed by atoms with van der Waals surface area (Å²) < 4.78 is 35.3. The van der Waals surface area contributed by atoms with Crippen LogP contribution in [0, 0.1) is 6.92 Å². The van der Waals surface area contributed by atoms with Crippen LogP contribution in [-0.2, 0) is 26.2 Å². The molecular weight excluding hydrogens is 611 g/mol. The minimum absolute atomic E-state index is 0.0599. The molecule has 4 aromatic rings. The molecule has 2 amide bonds. The van der Waals surface area contributed by atoms with Crippen molar-refractivity contribution in [3.63, 3.8) is 0 Å². The van der Waals surface area contributed by atoms with Crippen molar-refractivity contribution < 1.29 is 22.7 Å². The smallest absolute Gasteiger partial charge is 0.264 e. The van der Waals surface area contributed by atoms with Crippen LogP contribution in [0.1, 0.15) is 56.6 Å². The first-order valence-corrected chi connectivity index (χ1v) is 17.7. The predicted molar refractivity (Wildman–Crippen MR) is 185 cm³/mol. The SMILES string of the molecule is CC[C@H](C(=O)NC1CCCCC1)N(Cc1cccc(C)c1)C(=O)CN(c1ccc(Oc2ccccc2)cc1)S(=O)(=O)c1ccccc1. The van der Waals surface area contributed by atoms with Crippen molar-refractivity contribution in [2.45, 2.75) is 75.9 Å². The molecule has 1 saturated carbocycles. The Kier molecular flexibility index (Phi) is 11.3. The zero-order valence-corrected chi connectivity index (χ0v) is 27.9. The van der Waals surface area contributed by atoms with E-state index >= 15 is 0 Å². The van der Waals surface area contributed by atoms with Crippen LogP contribution in [0.2, 0.25) is 0 Å². The van der Waals surface area contributed by atoms with Crippen LogP contribution in [0.15, 0.2) is 114 Å². The second-order valence-electron chi connectivity index (χ2n) is 12.0. The number of sulfonamides is 1. The standard InChI is InChI=1S/C38H43N3O5S/c1-3-36(38(43)39-31-16-7-4-8-17-31)40(27-30-15-13-14-29(2)26-30)37(42)28-41(47(44,45)35-20-11-6-12-21-35)32-22-24-34(25-23-32)46-33-18-9-5-10-19-33/h5-6,9-15,18-26,31,36H,3-4,7-8,16-17,27-28H2,1-2H3,(H,39,43)/t36-/m1/s1. The normalized spacial score (nSPS) is 14.2. The molecule has 5 rings (SSSR count). The number of nitrogens with one attached hydrogen (secondary N) is 1. The van der Waals surface area contributed by atoms with Gasteiger partial charge < -0.3 is 15.0 Å². The van der Waals surface area contributed by atoms with E-state index < -0.39 is 28.5 Å². The summed E-state index contributed by atoms with van der Waals surface area (Å²) in [4.78, 5) is 29.8. The van der Waals surface area contributed by atoms with Crippen LogP contribution < -0.4 is 14.4 Å². The van der Waals surface area contributed by atoms with Crippen molar-refractivity contribution in [3.05, 3.63) is 120 Å². The molecule has 0 spiro atoms. The molecule has 246 valence electrons. The van der Waals surface area contributed by atoms with Gasteiger partial charge in [0, 0.05) is 12.6 Å². The van der Waals surface area contributed by atoms with E-state index in [1.165, 1.54) is 17.0 Å². The largest absolute Gasteiger partial charge is 0.457 e. The molecule has 1 aliphatic rings. The monoisotopic (exact) mass is 653 g/mol. The zero-order chi connectivity index (χ0) is 33.2. The molecule has 47 heavy (non-hydrogen) atoms. The van der Waals surface area contributed by atoms with E-state index in [9.17, 15) is 18.0 Å². The van der Waals surface area contributed by atoms with Crippen molar-refractivity contribution in [1.29, 1.82) is 0 Å². The lowest BCUT2D eigenvalue weighted by molar-refractivity contribution is -0.140. The third kappa shape index (κ3) is 8.80. The van der Waals surface area contributed by atoms with E-state index in [4.69, 9.17) is 4.74 Å². The highest BCUT2D eigenvalue weighted by Gasteiger charge is 2.34. The number of carbonyl (C=O) groups is 2. The average Bonchev–Trinajstić information content (AvgIpc) is 3.09. The second-order valence-corrected chi connectivity index (χ2v) is 13.9. The Bertz CT molecular complexity index is 1720. The Morgan fingerprint density at radius 1 is 0.830 bits per heavy atom. The quantitative estimate of drug-likeness (QED) is 0.164. The maximum Gasteiger partial charge on any atom is 0.264 e. The van der Waals surface area contributed by atoms with Gasteiger partial charge in [-0.3, -0.25) is 13.9 Å². The minimum Gasteiger partial charge on any atom is -0.457 e. The van der Waals surface area contributed by atoms with Gasteiger partial charge in [-0.25, -0.2) is 8.42 Å². The Morgan fingerprint density at radius 2 is 1.47 bits per heavy atom. The summed E-state index contributed by atoms with van der Waals surface area (Å²) in [7, 11) is -4.16. The van der Waals surface area contributed by atoms with E-state index in [-0.39, 0.29) is 23.4 Å². The summed E-state index contributed by atoms with van der Waals surface area (Å²) in [6.45, 7) is 3.53. The predicted octanol–water partition coefficient (Wildman–Crippen LogP) is 7.24. The van der Waals surface area contributed by atoms with E-state index in [2.05, 4.69) is 5.32 Å². The number of para-hydroxylation sites is 1. The second kappa shape index (κ2) is 15.8. The van der Waals surface area contributed by atoms with Gasteiger partial charge in [-0.15, -0.1) is 0 Å². The van der Waals surface area contributed by atoms with Crippen molar-refractivity contribution in [3.8, 4) is 11.5 Å². The molecule has 1 aliphatic carbocycles. The average molecular weight is 654 g/mol. The van der Waals surface area contributed by atoms with Crippen LogP contribution in [0.4, 0.5) is 5.69 Å². The molecule has 0 unspecified atom stereocenters. The van der Waals surface area contributed by atoms with Gasteiger partial charge in [-0.1, -0.05) is 92.4 Å². The molecule has 0 heterocycles. The van der Waals surface area contributed by atoms with Crippen molar-refractivity contribution in [2.75, 3.05) is 10.8 Å². The molecule has 1 atom stereocenters. The van der Waals surface area contributed by atoms with Gasteiger partial charge >= 0.3 is 0 Å². The lowest BCUT2D eigenvalue weighted by atomic mass is 9.95. The minimum atomic E-state index is -4.16. The number of ether oxygens (including phenoxy) is 1. The number of hydrogen-bond acceptors (Lipinski definition) is 5. The van der Waals surface area contributed by atoms with Crippen molar-refractivity contribution in [2.24, 2.45) is 0 Å². The first kappa shape index (κ1) is 33.7. The number of rotatable bonds is 13. The summed E-state index contributed by atoms with van der Waals surface area (Å²) in [6, 6.07) is 31.1. The highest BCUT2D eigenvalue weighted by molar-refractivity contribution is 7.92. The van der Waals surface area contributed by atoms with E-state index in [1.54, 1.807) is 42.5 Å². The van der Waals surface area contributed by atoms with E-state index in [0.717, 1.165) is 47.5 Å². The van der Waals surface area contributed by atoms with Crippen molar-refractivity contribution >= 4 is 27.5 Å². The maximum absolute atomic E-state index is 14.4. The lowest BCUT2D eigenvalue weighted by Gasteiger charge is -2.34. The molecule has 0 bridgehead atoms. The topological polar surface area (TPSA) is 96.0 Å². The molecular formula is C38H43N3O5S. The van der Waals surface area contributed by atoms with Gasteiger partial charge in [-0.2, -0.15) is 0 Å². The Balaban J connectivity index is 1.47. The summed E-state index contributed by atoms with van der Waals surface area (Å²) in [5, 5.41) is 3.19. The maximum atomic E-state index is 14.4. The fourth-order valence-corrected chi connectivity index (χ4v) is 7.46. The number of anilines is 1. The molecule has 4 aromatic carbocycles. The molecule has 0 aromatic heterocycles. The van der Waals surface area contributed by atoms with Crippen LogP contribution >= 0.6 is 0 Å². The first-order chi connectivity index (χ1) is 22.7. The van der Waals surface area contributed by atoms with Gasteiger partial charge in [0.25, 0.3) is 10.0 Å². The van der Waals surface area contributed by atoms with Crippen LogP contribution in [0.5, 0.6) is 11.5 Å². The van der Waals surface area contributed by atoms with Crippen LogP contribution in [0.3, 0.4) is 0 Å². The van der Waals surface area contributed by atoms with E-state index in [1.807, 2.05) is 68.4 Å². The third-order valence-corrected chi connectivity index (χ3v) is 10.3. The Labute approximate surface area is 278 Å². The molecule has 1 N–H and O–H groups in total.